The molecule has 0 aliphatic carbocycles. The topological polar surface area (TPSA) is 0 Å². The van der Waals surface area contributed by atoms with Crippen LogP contribution < -0.4 is 9.00 Å². The Morgan fingerprint density at radius 1 is 0.571 bits per heavy atom. The number of hydrogen-bond donors (Lipinski definition) is 0. The Labute approximate surface area is 139 Å². The van der Waals surface area contributed by atoms with E-state index in [1.54, 1.807) is 20.1 Å². The molecule has 0 saturated heterocycles. The molecule has 21 heavy (non-hydrogen) atoms. The molecular weight excluding hydrogens is 304 g/mol. The third kappa shape index (κ3) is 4.11. The highest BCUT2D eigenvalue weighted by Crippen LogP contribution is 2.37. The maximum Gasteiger partial charge on any atom is 0.0908 e. The van der Waals surface area contributed by atoms with Crippen LogP contribution in [0.15, 0.2) is 0 Å². The molecule has 1 rings (SSSR count). The van der Waals surface area contributed by atoms with E-state index in [0.717, 1.165) is 0 Å². The summed E-state index contributed by atoms with van der Waals surface area (Å²) >= 11 is 2.18. The fourth-order valence-corrected chi connectivity index (χ4v) is 10.0. The van der Waals surface area contributed by atoms with Gasteiger partial charge in [-0.25, -0.2) is 0 Å². The molecule has 0 unspecified atom stereocenters. The predicted molar refractivity (Wildman–Crippen MR) is 108 cm³/mol. The summed E-state index contributed by atoms with van der Waals surface area (Å²) in [6, 6.07) is 0. The largest absolute Gasteiger partial charge is 0.154 e. The summed E-state index contributed by atoms with van der Waals surface area (Å²) in [6.07, 6.45) is 0. The Kier molecular flexibility index (Phi) is 4.88. The Bertz CT molecular complexity index is 465. The second-order valence-electron chi connectivity index (χ2n) is 10.5. The van der Waals surface area contributed by atoms with Gasteiger partial charge >= 0.3 is 0 Å². The molecule has 0 N–H and O–H groups in total. The SMILES string of the molecule is CC(C)(C)c1c([Si](C)(C)C)sc([Si](C)(C)C)c1C(C)(C)C. The van der Waals surface area contributed by atoms with E-state index in [0.29, 0.717) is 0 Å². The van der Waals surface area contributed by atoms with E-state index in [1.807, 2.05) is 0 Å². The van der Waals surface area contributed by atoms with Gasteiger partial charge in [0.15, 0.2) is 0 Å². The lowest BCUT2D eigenvalue weighted by molar-refractivity contribution is 0.538. The molecule has 0 nitrogen and oxygen atoms in total. The molecule has 0 fully saturated rings. The summed E-state index contributed by atoms with van der Waals surface area (Å²) in [5, 5.41) is 0. The molecule has 1 aromatic heterocycles. The van der Waals surface area contributed by atoms with E-state index >= 15 is 0 Å². The van der Waals surface area contributed by atoms with Crippen LogP contribution in [0.4, 0.5) is 0 Å². The van der Waals surface area contributed by atoms with Crippen LogP contribution in [0.3, 0.4) is 0 Å². The Morgan fingerprint density at radius 2 is 0.810 bits per heavy atom. The van der Waals surface area contributed by atoms with Gasteiger partial charge in [0.25, 0.3) is 0 Å². The molecule has 0 radical (unpaired) electrons. The van der Waals surface area contributed by atoms with Crippen LogP contribution in [-0.4, -0.2) is 16.1 Å². The maximum absolute atomic E-state index is 2.51. The van der Waals surface area contributed by atoms with Crippen LogP contribution in [-0.2, 0) is 10.8 Å². The molecule has 0 aliphatic rings. The fourth-order valence-electron chi connectivity index (χ4n) is 2.92. The lowest BCUT2D eigenvalue weighted by Crippen LogP contribution is -2.42. The van der Waals surface area contributed by atoms with Crippen molar-refractivity contribution in [1.82, 2.24) is 0 Å². The molecule has 0 atom stereocenters. The van der Waals surface area contributed by atoms with Crippen LogP contribution in [0.5, 0.6) is 0 Å². The molecule has 0 aliphatic heterocycles. The van der Waals surface area contributed by atoms with Gasteiger partial charge in [0.2, 0.25) is 0 Å². The van der Waals surface area contributed by atoms with Gasteiger partial charge in [0.1, 0.15) is 0 Å². The number of thiophene rings is 1. The normalized spacial score (nSPS) is 14.7. The van der Waals surface area contributed by atoms with Gasteiger partial charge in [-0.05, 0) is 31.0 Å². The van der Waals surface area contributed by atoms with Crippen LogP contribution in [0.2, 0.25) is 39.3 Å². The summed E-state index contributed by atoms with van der Waals surface area (Å²) in [6.45, 7) is 29.5. The fraction of sp³-hybridized carbons (Fsp3) is 0.778. The zero-order valence-corrected chi connectivity index (χ0v) is 19.2. The average molecular weight is 341 g/mol. The lowest BCUT2D eigenvalue weighted by Gasteiger charge is -2.33. The molecular formula is C18H36SSi2. The molecule has 122 valence electrons. The van der Waals surface area contributed by atoms with Crippen LogP contribution >= 0.6 is 11.3 Å². The molecule has 3 heteroatoms. The smallest absolute Gasteiger partial charge is 0.0908 e. The van der Waals surface area contributed by atoms with Crippen molar-refractivity contribution in [1.29, 1.82) is 0 Å². The minimum Gasteiger partial charge on any atom is -0.154 e. The first-order chi connectivity index (χ1) is 8.97. The van der Waals surface area contributed by atoms with E-state index < -0.39 is 16.1 Å². The first-order valence-electron chi connectivity index (χ1n) is 8.16. The van der Waals surface area contributed by atoms with Crippen LogP contribution in [0.25, 0.3) is 0 Å². The standard InChI is InChI=1S/C18H36SSi2/c1-17(2,3)13-14(18(4,5)6)16(21(10,11)12)19-15(13)20(7,8)9/h1-12H3. The summed E-state index contributed by atoms with van der Waals surface area (Å²) in [5.74, 6) is 0. The van der Waals surface area contributed by atoms with Crippen molar-refractivity contribution in [3.8, 4) is 0 Å². The summed E-state index contributed by atoms with van der Waals surface area (Å²) in [7, 11) is -2.63. The van der Waals surface area contributed by atoms with E-state index in [-0.39, 0.29) is 10.8 Å². The quantitative estimate of drug-likeness (QED) is 0.629. The Morgan fingerprint density at radius 3 is 0.952 bits per heavy atom. The second kappa shape index (κ2) is 5.35. The monoisotopic (exact) mass is 340 g/mol. The molecule has 0 saturated carbocycles. The zero-order chi connectivity index (χ0) is 17.0. The van der Waals surface area contributed by atoms with Gasteiger partial charge in [0, 0.05) is 0 Å². The average Bonchev–Trinajstić information content (AvgIpc) is 2.52. The van der Waals surface area contributed by atoms with Crippen molar-refractivity contribution in [3.05, 3.63) is 11.1 Å². The third-order valence-electron chi connectivity index (χ3n) is 3.77. The van der Waals surface area contributed by atoms with Crippen molar-refractivity contribution < 1.29 is 0 Å². The first-order valence-corrected chi connectivity index (χ1v) is 16.0. The minimum atomic E-state index is -1.32. The van der Waals surface area contributed by atoms with E-state index in [2.05, 4.69) is 92.2 Å². The second-order valence-corrected chi connectivity index (χ2v) is 22.3. The minimum absolute atomic E-state index is 0.243. The van der Waals surface area contributed by atoms with Crippen LogP contribution in [0.1, 0.15) is 52.7 Å². The highest BCUT2D eigenvalue weighted by molar-refractivity contribution is 7.36. The predicted octanol–water partition coefficient (Wildman–Crippen LogP) is 5.43. The van der Waals surface area contributed by atoms with Crippen molar-refractivity contribution in [2.75, 3.05) is 0 Å². The van der Waals surface area contributed by atoms with Gasteiger partial charge in [0.05, 0.1) is 16.1 Å². The highest BCUT2D eigenvalue weighted by atomic mass is 32.1. The lowest BCUT2D eigenvalue weighted by atomic mass is 9.77. The van der Waals surface area contributed by atoms with Crippen LogP contribution in [0, 0.1) is 0 Å². The molecule has 0 spiro atoms. The molecule has 0 amide bonds. The van der Waals surface area contributed by atoms with Crippen molar-refractivity contribution in [3.63, 3.8) is 0 Å². The van der Waals surface area contributed by atoms with Gasteiger partial charge in [-0.15, -0.1) is 0 Å². The zero-order valence-electron chi connectivity index (χ0n) is 16.4. The summed E-state index contributed by atoms with van der Waals surface area (Å²) in [4.78, 5) is 0. The molecule has 0 aromatic carbocycles. The Hall–Kier alpha value is 0.134. The van der Waals surface area contributed by atoms with Gasteiger partial charge in [-0.3, -0.25) is 0 Å². The van der Waals surface area contributed by atoms with Crippen molar-refractivity contribution in [2.45, 2.75) is 91.7 Å². The van der Waals surface area contributed by atoms with Crippen molar-refractivity contribution in [2.24, 2.45) is 0 Å². The first kappa shape index (κ1) is 19.2. The van der Waals surface area contributed by atoms with E-state index in [4.69, 9.17) is 0 Å². The summed E-state index contributed by atoms with van der Waals surface area (Å²) < 4.78 is 3.50. The molecule has 1 heterocycles. The number of rotatable bonds is 2. The van der Waals surface area contributed by atoms with Gasteiger partial charge in [-0.1, -0.05) is 80.8 Å². The van der Waals surface area contributed by atoms with Gasteiger partial charge < -0.3 is 0 Å². The van der Waals surface area contributed by atoms with E-state index in [1.165, 1.54) is 0 Å². The van der Waals surface area contributed by atoms with E-state index in [9.17, 15) is 0 Å². The summed E-state index contributed by atoms with van der Waals surface area (Å²) in [5.41, 5.74) is 3.87. The number of hydrogen-bond acceptors (Lipinski definition) is 1. The van der Waals surface area contributed by atoms with Crippen molar-refractivity contribution >= 4 is 36.5 Å². The molecule has 0 bridgehead atoms. The van der Waals surface area contributed by atoms with Gasteiger partial charge in [-0.2, -0.15) is 11.3 Å². The third-order valence-corrected chi connectivity index (χ3v) is 12.1. The molecule has 1 aromatic rings. The Balaban J connectivity index is 3.93. The maximum atomic E-state index is 2.51. The highest BCUT2D eigenvalue weighted by Gasteiger charge is 2.39.